The van der Waals surface area contributed by atoms with Crippen LogP contribution < -0.4 is 10.1 Å². The molecule has 0 saturated heterocycles. The lowest BCUT2D eigenvalue weighted by atomic mass is 10.1. The summed E-state index contributed by atoms with van der Waals surface area (Å²) in [6, 6.07) is 11.8. The molecule has 1 N–H and O–H groups in total. The van der Waals surface area contributed by atoms with Gasteiger partial charge >= 0.3 is 0 Å². The van der Waals surface area contributed by atoms with Crippen LogP contribution in [0.25, 0.3) is 0 Å². The van der Waals surface area contributed by atoms with E-state index in [0.717, 1.165) is 31.7 Å². The first-order valence-corrected chi connectivity index (χ1v) is 10.7. The van der Waals surface area contributed by atoms with Gasteiger partial charge < -0.3 is 14.5 Å². The van der Waals surface area contributed by atoms with Crippen LogP contribution in [0.5, 0.6) is 5.75 Å². The summed E-state index contributed by atoms with van der Waals surface area (Å²) in [4.78, 5) is 12.2. The predicted molar refractivity (Wildman–Crippen MR) is 118 cm³/mol. The third kappa shape index (κ3) is 5.48. The fraction of sp³-hybridized carbons (Fsp3) is 0.250. The fourth-order valence-electron chi connectivity index (χ4n) is 2.60. The molecule has 0 radical (unpaired) electrons. The molecule has 3 rings (SSSR count). The first-order chi connectivity index (χ1) is 13.4. The number of thioether (sulfide) groups is 1. The Morgan fingerprint density at radius 1 is 1.14 bits per heavy atom. The van der Waals surface area contributed by atoms with Crippen molar-refractivity contribution in [2.75, 3.05) is 11.1 Å². The number of halogens is 1. The molecule has 0 aliphatic carbocycles. The molecule has 0 aliphatic rings. The van der Waals surface area contributed by atoms with Crippen molar-refractivity contribution >= 4 is 45.9 Å². The van der Waals surface area contributed by atoms with E-state index in [1.807, 2.05) is 57.2 Å². The molecule has 0 saturated carbocycles. The van der Waals surface area contributed by atoms with Gasteiger partial charge in [-0.1, -0.05) is 30.0 Å². The number of para-hydroxylation sites is 1. The Kier molecular flexibility index (Phi) is 6.95. The van der Waals surface area contributed by atoms with E-state index in [-0.39, 0.29) is 18.3 Å². The first-order valence-electron chi connectivity index (χ1n) is 8.62. The fourth-order valence-corrected chi connectivity index (χ4v) is 3.82. The molecule has 8 heteroatoms. The zero-order valence-electron chi connectivity index (χ0n) is 15.8. The minimum Gasteiger partial charge on any atom is -0.483 e. The number of benzene rings is 2. The number of amides is 1. The summed E-state index contributed by atoms with van der Waals surface area (Å²) in [5.41, 5.74) is 3.93. The van der Waals surface area contributed by atoms with Crippen LogP contribution in [0.2, 0.25) is 0 Å². The van der Waals surface area contributed by atoms with Crippen LogP contribution in [0.4, 0.5) is 5.69 Å². The molecule has 0 fully saturated rings. The molecule has 1 aromatic heterocycles. The van der Waals surface area contributed by atoms with Gasteiger partial charge in [-0.2, -0.15) is 0 Å². The number of carbonyl (C=O) groups excluding carboxylic acids is 1. The molecule has 2 aromatic carbocycles. The van der Waals surface area contributed by atoms with Crippen LogP contribution in [-0.2, 0) is 11.4 Å². The van der Waals surface area contributed by atoms with Crippen LogP contribution in [0.3, 0.4) is 0 Å². The quantitative estimate of drug-likeness (QED) is 0.361. The number of rotatable bonds is 7. The van der Waals surface area contributed by atoms with E-state index in [1.165, 1.54) is 11.8 Å². The summed E-state index contributed by atoms with van der Waals surface area (Å²) >= 11 is 3.44. The highest BCUT2D eigenvalue weighted by Crippen LogP contribution is 2.24. The van der Waals surface area contributed by atoms with Gasteiger partial charge in [0.2, 0.25) is 5.91 Å². The molecule has 28 heavy (non-hydrogen) atoms. The average molecular weight is 509 g/mol. The summed E-state index contributed by atoms with van der Waals surface area (Å²) in [6.45, 7) is 6.13. The number of nitrogens with zero attached hydrogens (tertiary/aromatic N) is 2. The van der Waals surface area contributed by atoms with E-state index in [9.17, 15) is 4.79 Å². The molecule has 3 aromatic rings. The zero-order valence-corrected chi connectivity index (χ0v) is 18.8. The highest BCUT2D eigenvalue weighted by atomic mass is 127. The molecular weight excluding hydrogens is 489 g/mol. The summed E-state index contributed by atoms with van der Waals surface area (Å²) in [5, 5.41) is 11.2. The van der Waals surface area contributed by atoms with E-state index in [0.29, 0.717) is 11.1 Å². The van der Waals surface area contributed by atoms with Crippen LogP contribution in [0.15, 0.2) is 46.0 Å². The van der Waals surface area contributed by atoms with Crippen LogP contribution in [0.1, 0.15) is 22.6 Å². The van der Waals surface area contributed by atoms with E-state index in [4.69, 9.17) is 9.15 Å². The first kappa shape index (κ1) is 20.7. The number of hydrogen-bond donors (Lipinski definition) is 1. The molecule has 0 spiro atoms. The van der Waals surface area contributed by atoms with E-state index < -0.39 is 0 Å². The predicted octanol–water partition coefficient (Wildman–Crippen LogP) is 4.91. The van der Waals surface area contributed by atoms with Crippen LogP contribution in [0, 0.1) is 24.3 Å². The van der Waals surface area contributed by atoms with E-state index in [1.54, 1.807) is 0 Å². The second kappa shape index (κ2) is 9.42. The second-order valence-electron chi connectivity index (χ2n) is 6.27. The number of aromatic nitrogens is 2. The Labute approximate surface area is 181 Å². The smallest absolute Gasteiger partial charge is 0.277 e. The minimum atomic E-state index is -0.124. The van der Waals surface area contributed by atoms with Crippen molar-refractivity contribution in [1.29, 1.82) is 0 Å². The highest BCUT2D eigenvalue weighted by Gasteiger charge is 2.12. The summed E-state index contributed by atoms with van der Waals surface area (Å²) in [5.74, 6) is 1.26. The summed E-state index contributed by atoms with van der Waals surface area (Å²) in [7, 11) is 0. The number of carbonyl (C=O) groups is 1. The molecular formula is C20H20IN3O3S. The standard InChI is InChI=1S/C20H20IN3O3S/c1-12-5-4-6-13(2)19(12)26-10-18-23-24-20(27-18)28-11-17(25)22-16-8-7-15(21)9-14(16)3/h4-9H,10-11H2,1-3H3,(H,22,25). The van der Waals surface area contributed by atoms with Crippen LogP contribution >= 0.6 is 34.4 Å². The third-order valence-electron chi connectivity index (χ3n) is 3.99. The Morgan fingerprint density at radius 2 is 1.89 bits per heavy atom. The number of nitrogens with one attached hydrogen (secondary N) is 1. The average Bonchev–Trinajstić information content (AvgIpc) is 3.10. The van der Waals surface area contributed by atoms with Crippen LogP contribution in [-0.4, -0.2) is 21.9 Å². The van der Waals surface area contributed by atoms with Crippen molar-refractivity contribution in [3.8, 4) is 5.75 Å². The van der Waals surface area contributed by atoms with Crippen molar-refractivity contribution in [1.82, 2.24) is 10.2 Å². The Morgan fingerprint density at radius 3 is 2.61 bits per heavy atom. The summed E-state index contributed by atoms with van der Waals surface area (Å²) in [6.07, 6.45) is 0. The van der Waals surface area contributed by atoms with Gasteiger partial charge in [0, 0.05) is 9.26 Å². The molecule has 0 atom stereocenters. The van der Waals surface area contributed by atoms with Crippen molar-refractivity contribution in [2.24, 2.45) is 0 Å². The topological polar surface area (TPSA) is 77.2 Å². The van der Waals surface area contributed by atoms with E-state index >= 15 is 0 Å². The maximum Gasteiger partial charge on any atom is 0.277 e. The van der Waals surface area contributed by atoms with Gasteiger partial charge in [-0.15, -0.1) is 10.2 Å². The molecule has 0 unspecified atom stereocenters. The largest absolute Gasteiger partial charge is 0.483 e. The molecule has 1 amide bonds. The van der Waals surface area contributed by atoms with Gasteiger partial charge in [0.15, 0.2) is 6.61 Å². The maximum absolute atomic E-state index is 12.2. The van der Waals surface area contributed by atoms with Crippen molar-refractivity contribution in [3.63, 3.8) is 0 Å². The maximum atomic E-state index is 12.2. The molecule has 6 nitrogen and oxygen atoms in total. The lowest BCUT2D eigenvalue weighted by Gasteiger charge is -2.09. The third-order valence-corrected chi connectivity index (χ3v) is 5.48. The lowest BCUT2D eigenvalue weighted by molar-refractivity contribution is -0.113. The van der Waals surface area contributed by atoms with Crippen molar-refractivity contribution in [2.45, 2.75) is 32.6 Å². The summed E-state index contributed by atoms with van der Waals surface area (Å²) < 4.78 is 12.5. The SMILES string of the molecule is Cc1cc(I)ccc1NC(=O)CSc1nnc(COc2c(C)cccc2C)o1. The van der Waals surface area contributed by atoms with Gasteiger partial charge in [-0.25, -0.2) is 0 Å². The Hall–Kier alpha value is -2.07. The van der Waals surface area contributed by atoms with Gasteiger partial charge in [0.05, 0.1) is 5.75 Å². The monoisotopic (exact) mass is 509 g/mol. The number of ether oxygens (including phenoxy) is 1. The molecule has 1 heterocycles. The van der Waals surface area contributed by atoms with Gasteiger partial charge in [-0.3, -0.25) is 4.79 Å². The normalized spacial score (nSPS) is 10.7. The zero-order chi connectivity index (χ0) is 20.1. The van der Waals surface area contributed by atoms with Gasteiger partial charge in [0.25, 0.3) is 11.1 Å². The number of hydrogen-bond acceptors (Lipinski definition) is 6. The van der Waals surface area contributed by atoms with Gasteiger partial charge in [-0.05, 0) is 78.3 Å². The number of anilines is 1. The highest BCUT2D eigenvalue weighted by molar-refractivity contribution is 14.1. The number of aryl methyl sites for hydroxylation is 3. The van der Waals surface area contributed by atoms with E-state index in [2.05, 4.69) is 38.1 Å². The lowest BCUT2D eigenvalue weighted by Crippen LogP contribution is -2.14. The molecule has 0 bridgehead atoms. The Bertz CT molecular complexity index is 970. The van der Waals surface area contributed by atoms with Crippen molar-refractivity contribution < 1.29 is 13.9 Å². The van der Waals surface area contributed by atoms with Gasteiger partial charge in [0.1, 0.15) is 5.75 Å². The molecule has 0 aliphatic heterocycles. The molecule has 146 valence electrons. The Balaban J connectivity index is 1.51. The van der Waals surface area contributed by atoms with Crippen molar-refractivity contribution in [3.05, 3.63) is 62.5 Å². The second-order valence-corrected chi connectivity index (χ2v) is 8.44. The minimum absolute atomic E-state index is 0.124.